The number of allylic oxidation sites excluding steroid dienone is 1. The second-order valence-corrected chi connectivity index (χ2v) is 5.66. The molecule has 0 bridgehead atoms. The highest BCUT2D eigenvalue weighted by atomic mass is 35.5. The summed E-state index contributed by atoms with van der Waals surface area (Å²) in [4.78, 5) is 28.6. The Hall–Kier alpha value is -2.17. The van der Waals surface area contributed by atoms with E-state index >= 15 is 0 Å². The number of nitriles is 1. The van der Waals surface area contributed by atoms with Crippen molar-refractivity contribution in [1.29, 1.82) is 5.26 Å². The number of thiazole rings is 1. The van der Waals surface area contributed by atoms with E-state index in [1.165, 1.54) is 23.5 Å². The van der Waals surface area contributed by atoms with Gasteiger partial charge in [0.2, 0.25) is 5.91 Å². The van der Waals surface area contributed by atoms with E-state index in [9.17, 15) is 9.59 Å². The summed E-state index contributed by atoms with van der Waals surface area (Å²) in [5, 5.41) is 13.7. The average Bonchev–Trinajstić information content (AvgIpc) is 3.04. The standard InChI is InChI=1S/C14H13ClN4O2S/c1-2-5-17-13(21)9(8-16)11(20)4-3-10-12(15)18-14-19(10)6-7-22-14/h3-4,6-7,9H,2,5H2,1H3,(H,17,21). The van der Waals surface area contributed by atoms with Crippen molar-refractivity contribution < 1.29 is 9.59 Å². The van der Waals surface area contributed by atoms with Crippen LogP contribution in [0.1, 0.15) is 19.0 Å². The van der Waals surface area contributed by atoms with E-state index < -0.39 is 17.6 Å². The molecule has 2 heterocycles. The van der Waals surface area contributed by atoms with Crippen molar-refractivity contribution in [2.24, 2.45) is 5.92 Å². The lowest BCUT2D eigenvalue weighted by Gasteiger charge is -2.06. The number of aromatic nitrogens is 2. The fraction of sp³-hybridized carbons (Fsp3) is 0.286. The van der Waals surface area contributed by atoms with Crippen LogP contribution in [0.5, 0.6) is 0 Å². The second kappa shape index (κ2) is 7.20. The molecule has 8 heteroatoms. The van der Waals surface area contributed by atoms with Crippen LogP contribution >= 0.6 is 22.9 Å². The van der Waals surface area contributed by atoms with Gasteiger partial charge in [0.25, 0.3) is 0 Å². The number of rotatable bonds is 6. The number of nitrogens with zero attached hydrogens (tertiary/aromatic N) is 3. The molecule has 2 rings (SSSR count). The first-order chi connectivity index (χ1) is 10.6. The SMILES string of the molecule is CCCNC(=O)C(C#N)C(=O)C=Cc1c(Cl)nc2sccn12. The number of carbonyl (C=O) groups is 2. The lowest BCUT2D eigenvalue weighted by atomic mass is 10.0. The Morgan fingerprint density at radius 2 is 2.41 bits per heavy atom. The highest BCUT2D eigenvalue weighted by Gasteiger charge is 2.24. The predicted octanol–water partition coefficient (Wildman–Crippen LogP) is 2.30. The number of nitrogens with one attached hydrogen (secondary N) is 1. The number of amides is 1. The molecule has 0 fully saturated rings. The van der Waals surface area contributed by atoms with Crippen LogP contribution in [-0.4, -0.2) is 27.6 Å². The summed E-state index contributed by atoms with van der Waals surface area (Å²) < 4.78 is 1.73. The zero-order chi connectivity index (χ0) is 16.1. The number of ketones is 1. The molecule has 0 aliphatic rings. The van der Waals surface area contributed by atoms with Gasteiger partial charge in [0.05, 0.1) is 11.8 Å². The minimum Gasteiger partial charge on any atom is -0.355 e. The largest absolute Gasteiger partial charge is 0.355 e. The summed E-state index contributed by atoms with van der Waals surface area (Å²) in [6, 6.07) is 1.72. The maximum absolute atomic E-state index is 12.0. The van der Waals surface area contributed by atoms with Crippen molar-refractivity contribution in [1.82, 2.24) is 14.7 Å². The maximum Gasteiger partial charge on any atom is 0.245 e. The van der Waals surface area contributed by atoms with Crippen LogP contribution in [0, 0.1) is 17.2 Å². The minimum absolute atomic E-state index is 0.264. The molecule has 114 valence electrons. The summed E-state index contributed by atoms with van der Waals surface area (Å²) in [6.45, 7) is 2.31. The Labute approximate surface area is 136 Å². The summed E-state index contributed by atoms with van der Waals surface area (Å²) in [6.07, 6.45) is 5.16. The Bertz CT molecular complexity index is 771. The molecule has 1 unspecified atom stereocenters. The summed E-state index contributed by atoms with van der Waals surface area (Å²) in [5.41, 5.74) is 0.539. The fourth-order valence-corrected chi connectivity index (χ4v) is 2.79. The van der Waals surface area contributed by atoms with E-state index in [0.717, 1.165) is 6.42 Å². The van der Waals surface area contributed by atoms with E-state index in [1.54, 1.807) is 16.7 Å². The van der Waals surface area contributed by atoms with Crippen LogP contribution < -0.4 is 5.32 Å². The van der Waals surface area contributed by atoms with E-state index in [-0.39, 0.29) is 5.15 Å². The third-order valence-electron chi connectivity index (χ3n) is 2.88. The number of halogens is 1. The minimum atomic E-state index is -1.35. The maximum atomic E-state index is 12.0. The topological polar surface area (TPSA) is 87.3 Å². The molecule has 1 N–H and O–H groups in total. The fourth-order valence-electron chi connectivity index (χ4n) is 1.78. The normalized spacial score (nSPS) is 12.4. The van der Waals surface area contributed by atoms with Crippen LogP contribution in [0.4, 0.5) is 0 Å². The summed E-state index contributed by atoms with van der Waals surface area (Å²) in [7, 11) is 0. The van der Waals surface area contributed by atoms with Gasteiger partial charge in [-0.1, -0.05) is 18.5 Å². The quantitative estimate of drug-likeness (QED) is 0.647. The lowest BCUT2D eigenvalue weighted by molar-refractivity contribution is -0.129. The molecule has 22 heavy (non-hydrogen) atoms. The number of hydrogen-bond donors (Lipinski definition) is 1. The van der Waals surface area contributed by atoms with Crippen LogP contribution in [0.25, 0.3) is 11.0 Å². The number of carbonyl (C=O) groups excluding carboxylic acids is 2. The summed E-state index contributed by atoms with van der Waals surface area (Å²) in [5.74, 6) is -2.52. The molecule has 0 aromatic carbocycles. The van der Waals surface area contributed by atoms with Gasteiger partial charge >= 0.3 is 0 Å². The van der Waals surface area contributed by atoms with Crippen molar-refractivity contribution in [3.05, 3.63) is 28.5 Å². The molecular weight excluding hydrogens is 324 g/mol. The van der Waals surface area contributed by atoms with Crippen molar-refractivity contribution >= 4 is 45.7 Å². The van der Waals surface area contributed by atoms with Gasteiger partial charge in [-0.15, -0.1) is 11.3 Å². The number of imidazole rings is 1. The highest BCUT2D eigenvalue weighted by Crippen LogP contribution is 2.22. The van der Waals surface area contributed by atoms with Gasteiger partial charge in [-0.05, 0) is 18.6 Å². The second-order valence-electron chi connectivity index (χ2n) is 4.43. The molecule has 0 saturated heterocycles. The van der Waals surface area contributed by atoms with Gasteiger partial charge in [0, 0.05) is 18.1 Å². The molecule has 0 saturated carbocycles. The van der Waals surface area contributed by atoms with Crippen LogP contribution in [-0.2, 0) is 9.59 Å². The highest BCUT2D eigenvalue weighted by molar-refractivity contribution is 7.15. The average molecular weight is 337 g/mol. The molecule has 1 atom stereocenters. The first-order valence-corrected chi connectivity index (χ1v) is 7.84. The predicted molar refractivity (Wildman–Crippen MR) is 84.5 cm³/mol. The Kier molecular flexibility index (Phi) is 5.31. The molecule has 2 aromatic heterocycles. The molecule has 2 aromatic rings. The van der Waals surface area contributed by atoms with Crippen molar-refractivity contribution in [3.8, 4) is 6.07 Å². The number of hydrogen-bond acceptors (Lipinski definition) is 5. The van der Waals surface area contributed by atoms with Gasteiger partial charge in [0.15, 0.2) is 21.8 Å². The van der Waals surface area contributed by atoms with Crippen molar-refractivity contribution in [2.45, 2.75) is 13.3 Å². The van der Waals surface area contributed by atoms with Gasteiger partial charge in [-0.3, -0.25) is 14.0 Å². The zero-order valence-corrected chi connectivity index (χ0v) is 13.3. The van der Waals surface area contributed by atoms with Gasteiger partial charge < -0.3 is 5.32 Å². The van der Waals surface area contributed by atoms with E-state index in [0.29, 0.717) is 17.2 Å². The molecule has 1 amide bonds. The van der Waals surface area contributed by atoms with Crippen LogP contribution in [0.15, 0.2) is 17.7 Å². The molecule has 0 aliphatic heterocycles. The van der Waals surface area contributed by atoms with Gasteiger partial charge in [-0.25, -0.2) is 4.98 Å². The Balaban J connectivity index is 2.16. The third-order valence-corrected chi connectivity index (χ3v) is 3.92. The van der Waals surface area contributed by atoms with E-state index in [2.05, 4.69) is 10.3 Å². The lowest BCUT2D eigenvalue weighted by Crippen LogP contribution is -2.34. The van der Waals surface area contributed by atoms with Gasteiger partial charge in [-0.2, -0.15) is 5.26 Å². The first kappa shape index (κ1) is 16.2. The molecule has 0 spiro atoms. The van der Waals surface area contributed by atoms with E-state index in [1.807, 2.05) is 12.3 Å². The molecular formula is C14H13ClN4O2S. The molecule has 0 aliphatic carbocycles. The third kappa shape index (κ3) is 3.35. The Morgan fingerprint density at radius 3 is 3.09 bits per heavy atom. The van der Waals surface area contributed by atoms with Gasteiger partial charge in [0.1, 0.15) is 0 Å². The van der Waals surface area contributed by atoms with Crippen LogP contribution in [0.2, 0.25) is 5.15 Å². The van der Waals surface area contributed by atoms with E-state index in [4.69, 9.17) is 16.9 Å². The molecule has 6 nitrogen and oxygen atoms in total. The zero-order valence-electron chi connectivity index (χ0n) is 11.7. The monoisotopic (exact) mass is 336 g/mol. The molecule has 0 radical (unpaired) electrons. The van der Waals surface area contributed by atoms with Crippen LogP contribution in [0.3, 0.4) is 0 Å². The first-order valence-electron chi connectivity index (χ1n) is 6.58. The Morgan fingerprint density at radius 1 is 1.64 bits per heavy atom. The van der Waals surface area contributed by atoms with Crippen molar-refractivity contribution in [3.63, 3.8) is 0 Å². The van der Waals surface area contributed by atoms with Crippen molar-refractivity contribution in [2.75, 3.05) is 6.54 Å². The summed E-state index contributed by atoms with van der Waals surface area (Å²) >= 11 is 7.42. The smallest absolute Gasteiger partial charge is 0.245 e. The number of fused-ring (bicyclic) bond motifs is 1.